The van der Waals surface area contributed by atoms with Gasteiger partial charge in [0.1, 0.15) is 5.75 Å². The Balaban J connectivity index is 1.66. The fraction of sp³-hybridized carbons (Fsp3) is 0.150. The summed E-state index contributed by atoms with van der Waals surface area (Å²) in [5, 5.41) is 7.87. The van der Waals surface area contributed by atoms with Crippen LogP contribution in [0.25, 0.3) is 0 Å². The highest BCUT2D eigenvalue weighted by molar-refractivity contribution is 8.00. The van der Waals surface area contributed by atoms with E-state index in [1.165, 1.54) is 11.8 Å². The van der Waals surface area contributed by atoms with Gasteiger partial charge in [0.25, 0.3) is 0 Å². The molecule has 0 saturated heterocycles. The van der Waals surface area contributed by atoms with Gasteiger partial charge < -0.3 is 10.1 Å². The lowest BCUT2D eigenvalue weighted by Crippen LogP contribution is -2.30. The maximum atomic E-state index is 12.5. The predicted molar refractivity (Wildman–Crippen MR) is 109 cm³/mol. The first-order valence-electron chi connectivity index (χ1n) is 7.99. The average molecular weight is 404 g/mol. The number of thiophene rings is 1. The number of rotatable bonds is 7. The van der Waals surface area contributed by atoms with E-state index in [1.54, 1.807) is 18.4 Å². The Morgan fingerprint density at radius 2 is 1.85 bits per heavy atom. The monoisotopic (exact) mass is 403 g/mol. The second-order valence-electron chi connectivity index (χ2n) is 5.57. The Bertz CT molecular complexity index is 833. The van der Waals surface area contributed by atoms with Gasteiger partial charge in [-0.1, -0.05) is 23.7 Å². The predicted octanol–water partition coefficient (Wildman–Crippen LogP) is 5.41. The van der Waals surface area contributed by atoms with E-state index in [0.717, 1.165) is 21.8 Å². The number of carbonyl (C=O) groups is 1. The van der Waals surface area contributed by atoms with Crippen molar-refractivity contribution in [2.75, 3.05) is 12.9 Å². The lowest BCUT2D eigenvalue weighted by atomic mass is 10.0. The van der Waals surface area contributed by atoms with E-state index in [-0.39, 0.29) is 11.9 Å². The Morgan fingerprint density at radius 1 is 1.12 bits per heavy atom. The number of methoxy groups -OCH3 is 1. The van der Waals surface area contributed by atoms with Crippen molar-refractivity contribution in [2.45, 2.75) is 10.9 Å². The number of halogens is 1. The van der Waals surface area contributed by atoms with Crippen molar-refractivity contribution in [3.8, 4) is 5.75 Å². The van der Waals surface area contributed by atoms with Crippen molar-refractivity contribution in [3.63, 3.8) is 0 Å². The standard InChI is InChI=1S/C20H18ClNO2S2/c1-24-17-6-8-18(9-7-17)26-13-19(23)22-20(15-10-11-25-12-15)14-2-4-16(21)5-3-14/h2-12,20H,13H2,1H3,(H,22,23). The first-order valence-corrected chi connectivity index (χ1v) is 10.3. The number of ether oxygens (including phenoxy) is 1. The molecule has 1 aromatic heterocycles. The van der Waals surface area contributed by atoms with Crippen LogP contribution in [0.3, 0.4) is 0 Å². The van der Waals surface area contributed by atoms with Gasteiger partial charge in [0.05, 0.1) is 18.9 Å². The molecule has 0 aliphatic rings. The number of benzene rings is 2. The summed E-state index contributed by atoms with van der Waals surface area (Å²) in [6, 6.07) is 17.1. The molecule has 0 aliphatic heterocycles. The molecule has 3 rings (SSSR count). The van der Waals surface area contributed by atoms with E-state index >= 15 is 0 Å². The molecule has 1 amide bonds. The van der Waals surface area contributed by atoms with E-state index in [4.69, 9.17) is 16.3 Å². The largest absolute Gasteiger partial charge is 0.497 e. The van der Waals surface area contributed by atoms with Gasteiger partial charge in [0.15, 0.2) is 0 Å². The number of thioether (sulfide) groups is 1. The Kier molecular flexibility index (Phi) is 6.61. The molecular formula is C20H18ClNO2S2. The topological polar surface area (TPSA) is 38.3 Å². The van der Waals surface area contributed by atoms with Crippen molar-refractivity contribution >= 4 is 40.6 Å². The molecule has 3 nitrogen and oxygen atoms in total. The van der Waals surface area contributed by atoms with Crippen molar-refractivity contribution in [1.29, 1.82) is 0 Å². The molecule has 6 heteroatoms. The highest BCUT2D eigenvalue weighted by Gasteiger charge is 2.17. The van der Waals surface area contributed by atoms with E-state index < -0.39 is 0 Å². The molecule has 1 N–H and O–H groups in total. The molecule has 1 atom stereocenters. The fourth-order valence-corrected chi connectivity index (χ4v) is 4.00. The summed E-state index contributed by atoms with van der Waals surface area (Å²) < 4.78 is 5.15. The van der Waals surface area contributed by atoms with Crippen molar-refractivity contribution in [2.24, 2.45) is 0 Å². The first-order chi connectivity index (χ1) is 12.7. The van der Waals surface area contributed by atoms with Crippen LogP contribution in [0.1, 0.15) is 17.2 Å². The van der Waals surface area contributed by atoms with Crippen LogP contribution in [-0.2, 0) is 4.79 Å². The van der Waals surface area contributed by atoms with E-state index in [2.05, 4.69) is 10.7 Å². The van der Waals surface area contributed by atoms with Gasteiger partial charge in [0.2, 0.25) is 5.91 Å². The van der Waals surface area contributed by atoms with Gasteiger partial charge in [0, 0.05) is 9.92 Å². The maximum absolute atomic E-state index is 12.5. The molecule has 0 bridgehead atoms. The highest BCUT2D eigenvalue weighted by Crippen LogP contribution is 2.26. The molecule has 1 heterocycles. The second-order valence-corrected chi connectivity index (χ2v) is 7.84. The van der Waals surface area contributed by atoms with Crippen LogP contribution in [0.15, 0.2) is 70.3 Å². The Hall–Kier alpha value is -1.95. The molecule has 0 saturated carbocycles. The molecular weight excluding hydrogens is 386 g/mol. The third kappa shape index (κ3) is 5.04. The van der Waals surface area contributed by atoms with Crippen LogP contribution >= 0.6 is 34.7 Å². The van der Waals surface area contributed by atoms with Crippen LogP contribution in [0.4, 0.5) is 0 Å². The van der Waals surface area contributed by atoms with E-state index in [9.17, 15) is 4.79 Å². The van der Waals surface area contributed by atoms with Gasteiger partial charge in [-0.3, -0.25) is 4.79 Å². The zero-order valence-electron chi connectivity index (χ0n) is 14.1. The van der Waals surface area contributed by atoms with Crippen LogP contribution in [0.5, 0.6) is 5.75 Å². The molecule has 134 valence electrons. The number of carbonyl (C=O) groups excluding carboxylic acids is 1. The summed E-state index contributed by atoms with van der Waals surface area (Å²) >= 11 is 9.10. The lowest BCUT2D eigenvalue weighted by molar-refractivity contribution is -0.119. The highest BCUT2D eigenvalue weighted by atomic mass is 35.5. The van der Waals surface area contributed by atoms with Gasteiger partial charge in [-0.25, -0.2) is 0 Å². The van der Waals surface area contributed by atoms with Crippen LogP contribution in [0.2, 0.25) is 5.02 Å². The minimum atomic E-state index is -0.178. The average Bonchev–Trinajstić information content (AvgIpc) is 3.20. The second kappa shape index (κ2) is 9.12. The molecule has 0 radical (unpaired) electrons. The number of hydrogen-bond acceptors (Lipinski definition) is 4. The molecule has 26 heavy (non-hydrogen) atoms. The quantitative estimate of drug-likeness (QED) is 0.536. The minimum absolute atomic E-state index is 0.0167. The Labute approximate surface area is 166 Å². The molecule has 0 aliphatic carbocycles. The van der Waals surface area contributed by atoms with Crippen LogP contribution < -0.4 is 10.1 Å². The van der Waals surface area contributed by atoms with Crippen LogP contribution in [-0.4, -0.2) is 18.8 Å². The van der Waals surface area contributed by atoms with Gasteiger partial charge in [-0.05, 0) is 64.4 Å². The molecule has 3 aromatic rings. The summed E-state index contributed by atoms with van der Waals surface area (Å²) in [6.45, 7) is 0. The zero-order chi connectivity index (χ0) is 18.4. The lowest BCUT2D eigenvalue weighted by Gasteiger charge is -2.18. The smallest absolute Gasteiger partial charge is 0.231 e. The minimum Gasteiger partial charge on any atom is -0.497 e. The first kappa shape index (κ1) is 18.8. The molecule has 0 fully saturated rings. The summed E-state index contributed by atoms with van der Waals surface area (Å²) in [5.74, 6) is 1.14. The number of amides is 1. The normalized spacial score (nSPS) is 11.8. The summed E-state index contributed by atoms with van der Waals surface area (Å²) in [6.07, 6.45) is 0. The number of nitrogens with one attached hydrogen (secondary N) is 1. The van der Waals surface area contributed by atoms with Gasteiger partial charge in [-0.15, -0.1) is 11.8 Å². The van der Waals surface area contributed by atoms with Gasteiger partial charge in [-0.2, -0.15) is 11.3 Å². The molecule has 2 aromatic carbocycles. The zero-order valence-corrected chi connectivity index (χ0v) is 16.5. The molecule has 0 spiro atoms. The van der Waals surface area contributed by atoms with E-state index in [0.29, 0.717) is 10.8 Å². The SMILES string of the molecule is COc1ccc(SCC(=O)NC(c2ccc(Cl)cc2)c2ccsc2)cc1. The molecule has 1 unspecified atom stereocenters. The Morgan fingerprint density at radius 3 is 2.46 bits per heavy atom. The summed E-state index contributed by atoms with van der Waals surface area (Å²) in [7, 11) is 1.64. The van der Waals surface area contributed by atoms with Gasteiger partial charge >= 0.3 is 0 Å². The summed E-state index contributed by atoms with van der Waals surface area (Å²) in [5.41, 5.74) is 2.08. The third-order valence-corrected chi connectivity index (χ3v) is 5.78. The summed E-state index contributed by atoms with van der Waals surface area (Å²) in [4.78, 5) is 13.5. The van der Waals surface area contributed by atoms with E-state index in [1.807, 2.05) is 60.0 Å². The van der Waals surface area contributed by atoms with Crippen molar-refractivity contribution in [3.05, 3.63) is 81.5 Å². The third-order valence-electron chi connectivity index (χ3n) is 3.81. The fourth-order valence-electron chi connectivity index (χ4n) is 2.48. The number of hydrogen-bond donors (Lipinski definition) is 1. The van der Waals surface area contributed by atoms with Crippen molar-refractivity contribution < 1.29 is 9.53 Å². The maximum Gasteiger partial charge on any atom is 0.231 e. The van der Waals surface area contributed by atoms with Crippen LogP contribution in [0, 0.1) is 0 Å². The van der Waals surface area contributed by atoms with Crippen molar-refractivity contribution in [1.82, 2.24) is 5.32 Å².